The maximum atomic E-state index is 12.5. The smallest absolute Gasteiger partial charge is 0.376 e. The van der Waals surface area contributed by atoms with Crippen LogP contribution in [0.15, 0.2) is 17.1 Å². The number of H-pyrrole nitrogens is 1. The molecule has 0 spiro atoms. The van der Waals surface area contributed by atoms with Crippen LogP contribution in [-0.2, 0) is 20.4 Å². The molecule has 22 heavy (non-hydrogen) atoms. The summed E-state index contributed by atoms with van der Waals surface area (Å²) in [5.74, 6) is -0.706. The summed E-state index contributed by atoms with van der Waals surface area (Å²) < 4.78 is 48.0. The molecule has 0 aliphatic carbocycles. The van der Waals surface area contributed by atoms with Crippen molar-refractivity contribution in [3.63, 3.8) is 0 Å². The number of amides is 1. The van der Waals surface area contributed by atoms with Crippen molar-refractivity contribution in [2.45, 2.75) is 25.1 Å². The minimum absolute atomic E-state index is 0.0650. The summed E-state index contributed by atoms with van der Waals surface area (Å²) in [6.45, 7) is 0.516. The summed E-state index contributed by atoms with van der Waals surface area (Å²) in [6.07, 6.45) is -2.36. The first kappa shape index (κ1) is 16.5. The van der Waals surface area contributed by atoms with Gasteiger partial charge in [-0.15, -0.1) is 0 Å². The Labute approximate surface area is 123 Å². The number of hydrogen-bond acceptors (Lipinski definition) is 4. The lowest BCUT2D eigenvalue weighted by Gasteiger charge is -2.11. The van der Waals surface area contributed by atoms with Crippen LogP contribution in [0.2, 0.25) is 0 Å². The topological polar surface area (TPSA) is 80.4 Å². The van der Waals surface area contributed by atoms with Gasteiger partial charge >= 0.3 is 6.18 Å². The molecule has 1 saturated heterocycles. The molecule has 0 unspecified atom stereocenters. The summed E-state index contributed by atoms with van der Waals surface area (Å²) in [7, 11) is 0. The number of anilines is 1. The monoisotopic (exact) mass is 320 g/mol. The average molecular weight is 320 g/mol. The molecule has 122 valence electrons. The van der Waals surface area contributed by atoms with Crippen LogP contribution in [0.1, 0.15) is 18.4 Å². The normalized spacial score (nSPS) is 18.4. The van der Waals surface area contributed by atoms with Crippen molar-refractivity contribution < 1.29 is 27.4 Å². The van der Waals surface area contributed by atoms with E-state index in [-0.39, 0.29) is 19.3 Å². The van der Waals surface area contributed by atoms with Crippen molar-refractivity contribution in [3.8, 4) is 0 Å². The molecular weight excluding hydrogens is 305 g/mol. The Bertz CT molecular complexity index is 579. The third-order valence-electron chi connectivity index (χ3n) is 3.07. The van der Waals surface area contributed by atoms with E-state index in [2.05, 4.69) is 5.32 Å². The number of halogens is 3. The van der Waals surface area contributed by atoms with Crippen LogP contribution in [0.3, 0.4) is 0 Å². The molecule has 1 aromatic rings. The number of carbonyl (C=O) groups is 1. The molecular formula is C13H15F3N2O4. The minimum atomic E-state index is -4.61. The molecule has 1 amide bonds. The number of carbonyl (C=O) groups excluding carboxylic acids is 1. The highest BCUT2D eigenvalue weighted by atomic mass is 19.4. The third-order valence-corrected chi connectivity index (χ3v) is 3.07. The SMILES string of the molecule is O=C(COC[C@H]1CCCO1)Nc1cc(C(F)(F)F)c[nH]c1=O. The molecule has 1 aliphatic rings. The molecule has 1 aromatic heterocycles. The average Bonchev–Trinajstić information content (AvgIpc) is 2.93. The van der Waals surface area contributed by atoms with Gasteiger partial charge in [0.25, 0.3) is 11.5 Å². The van der Waals surface area contributed by atoms with Gasteiger partial charge in [0.1, 0.15) is 12.3 Å². The van der Waals surface area contributed by atoms with E-state index >= 15 is 0 Å². The summed E-state index contributed by atoms with van der Waals surface area (Å²) in [6, 6.07) is 0.580. The lowest BCUT2D eigenvalue weighted by Crippen LogP contribution is -2.26. The van der Waals surface area contributed by atoms with Crippen LogP contribution in [0, 0.1) is 0 Å². The van der Waals surface area contributed by atoms with E-state index in [1.165, 1.54) is 0 Å². The van der Waals surface area contributed by atoms with Gasteiger partial charge in [0.05, 0.1) is 18.3 Å². The predicted octanol–water partition coefficient (Wildman–Crippen LogP) is 1.53. The first-order chi connectivity index (χ1) is 10.4. The van der Waals surface area contributed by atoms with Crippen molar-refractivity contribution in [2.75, 3.05) is 25.1 Å². The number of pyridine rings is 1. The quantitative estimate of drug-likeness (QED) is 0.862. The fourth-order valence-corrected chi connectivity index (χ4v) is 1.99. The molecule has 0 saturated carbocycles. The summed E-state index contributed by atoms with van der Waals surface area (Å²) in [5.41, 5.74) is -2.34. The lowest BCUT2D eigenvalue weighted by molar-refractivity contribution is -0.137. The number of rotatable bonds is 5. The number of nitrogens with one attached hydrogen (secondary N) is 2. The maximum absolute atomic E-state index is 12.5. The van der Waals surface area contributed by atoms with Crippen LogP contribution in [0.25, 0.3) is 0 Å². The van der Waals surface area contributed by atoms with Crippen LogP contribution in [-0.4, -0.2) is 36.8 Å². The highest BCUT2D eigenvalue weighted by Crippen LogP contribution is 2.29. The fourth-order valence-electron chi connectivity index (χ4n) is 1.99. The molecule has 0 bridgehead atoms. The van der Waals surface area contributed by atoms with Crippen LogP contribution in [0.5, 0.6) is 0 Å². The zero-order chi connectivity index (χ0) is 16.2. The first-order valence-corrected chi connectivity index (χ1v) is 6.65. The van der Waals surface area contributed by atoms with Crippen molar-refractivity contribution in [1.29, 1.82) is 0 Å². The second-order valence-electron chi connectivity index (χ2n) is 4.83. The van der Waals surface area contributed by atoms with E-state index in [1.807, 2.05) is 4.98 Å². The van der Waals surface area contributed by atoms with Crippen molar-refractivity contribution in [2.24, 2.45) is 0 Å². The Kier molecular flexibility index (Phi) is 5.19. The fraction of sp³-hybridized carbons (Fsp3) is 0.538. The van der Waals surface area contributed by atoms with E-state index in [0.717, 1.165) is 12.8 Å². The number of aromatic nitrogens is 1. The second kappa shape index (κ2) is 6.93. The van der Waals surface area contributed by atoms with E-state index in [4.69, 9.17) is 9.47 Å². The number of alkyl halides is 3. The molecule has 0 radical (unpaired) electrons. The third kappa shape index (κ3) is 4.57. The standard InChI is InChI=1S/C13H15F3N2O4/c14-13(15,16)8-4-10(12(20)17-5-8)18-11(19)7-21-6-9-2-1-3-22-9/h4-5,9H,1-3,6-7H2,(H,17,20)(H,18,19)/t9-/m1/s1. The number of ether oxygens (including phenoxy) is 2. The van der Waals surface area contributed by atoms with Gasteiger partial charge in [0.2, 0.25) is 0 Å². The Morgan fingerprint density at radius 2 is 2.27 bits per heavy atom. The highest BCUT2D eigenvalue weighted by molar-refractivity contribution is 5.91. The van der Waals surface area contributed by atoms with Crippen molar-refractivity contribution in [3.05, 3.63) is 28.2 Å². The molecule has 0 aromatic carbocycles. The van der Waals surface area contributed by atoms with Gasteiger partial charge in [-0.05, 0) is 18.9 Å². The molecule has 1 fully saturated rings. The summed E-state index contributed by atoms with van der Waals surface area (Å²) in [5, 5.41) is 2.10. The molecule has 2 rings (SSSR count). The zero-order valence-corrected chi connectivity index (χ0v) is 11.5. The van der Waals surface area contributed by atoms with Gasteiger partial charge in [0.15, 0.2) is 0 Å². The van der Waals surface area contributed by atoms with Gasteiger partial charge in [-0.3, -0.25) is 9.59 Å². The van der Waals surface area contributed by atoms with E-state index < -0.39 is 28.9 Å². The van der Waals surface area contributed by atoms with Crippen molar-refractivity contribution in [1.82, 2.24) is 4.98 Å². The molecule has 1 aliphatic heterocycles. The number of hydrogen-bond donors (Lipinski definition) is 2. The molecule has 6 nitrogen and oxygen atoms in total. The largest absolute Gasteiger partial charge is 0.417 e. The van der Waals surface area contributed by atoms with E-state index in [9.17, 15) is 22.8 Å². The van der Waals surface area contributed by atoms with E-state index in [0.29, 0.717) is 18.9 Å². The Morgan fingerprint density at radius 1 is 1.50 bits per heavy atom. The Morgan fingerprint density at radius 3 is 2.91 bits per heavy atom. The van der Waals surface area contributed by atoms with Gasteiger partial charge in [-0.2, -0.15) is 13.2 Å². The maximum Gasteiger partial charge on any atom is 0.417 e. The molecule has 2 N–H and O–H groups in total. The van der Waals surface area contributed by atoms with Crippen molar-refractivity contribution >= 4 is 11.6 Å². The molecule has 9 heteroatoms. The Hall–Kier alpha value is -1.87. The second-order valence-corrected chi connectivity index (χ2v) is 4.83. The van der Waals surface area contributed by atoms with E-state index in [1.54, 1.807) is 0 Å². The lowest BCUT2D eigenvalue weighted by atomic mass is 10.2. The summed E-state index contributed by atoms with van der Waals surface area (Å²) in [4.78, 5) is 24.9. The van der Waals surface area contributed by atoms with Gasteiger partial charge in [0, 0.05) is 12.8 Å². The Balaban J connectivity index is 1.89. The van der Waals surface area contributed by atoms with Crippen LogP contribution < -0.4 is 10.9 Å². The van der Waals surface area contributed by atoms with Crippen LogP contribution >= 0.6 is 0 Å². The number of aromatic amines is 1. The van der Waals surface area contributed by atoms with Crippen LogP contribution in [0.4, 0.5) is 18.9 Å². The zero-order valence-electron chi connectivity index (χ0n) is 11.5. The molecule has 2 heterocycles. The highest BCUT2D eigenvalue weighted by Gasteiger charge is 2.31. The van der Waals surface area contributed by atoms with Gasteiger partial charge < -0.3 is 19.8 Å². The molecule has 1 atom stereocenters. The first-order valence-electron chi connectivity index (χ1n) is 6.65. The van der Waals surface area contributed by atoms with Gasteiger partial charge in [-0.1, -0.05) is 0 Å². The van der Waals surface area contributed by atoms with Gasteiger partial charge in [-0.25, -0.2) is 0 Å². The summed E-state index contributed by atoms with van der Waals surface area (Å²) >= 11 is 0. The predicted molar refractivity (Wildman–Crippen MR) is 70.5 cm³/mol. The minimum Gasteiger partial charge on any atom is -0.376 e.